The molecule has 6 nitrogen and oxygen atoms in total. The van der Waals surface area contributed by atoms with Gasteiger partial charge in [0, 0.05) is 13.0 Å². The molecule has 0 bridgehead atoms. The van der Waals surface area contributed by atoms with Gasteiger partial charge in [-0.25, -0.2) is 0 Å². The lowest BCUT2D eigenvalue weighted by Crippen LogP contribution is -2.29. The van der Waals surface area contributed by atoms with Crippen LogP contribution in [0.3, 0.4) is 0 Å². The summed E-state index contributed by atoms with van der Waals surface area (Å²) in [5.74, 6) is 0.894. The molecule has 0 N–H and O–H groups in total. The van der Waals surface area contributed by atoms with Gasteiger partial charge in [0.05, 0.1) is 19.6 Å². The number of aryl methyl sites for hydroxylation is 1. The quantitative estimate of drug-likeness (QED) is 0.688. The Morgan fingerprint density at radius 3 is 2.82 bits per heavy atom. The molecule has 17 heavy (non-hydrogen) atoms. The highest BCUT2D eigenvalue weighted by Crippen LogP contribution is 2.05. The monoisotopic (exact) mass is 241 g/mol. The zero-order chi connectivity index (χ0) is 12.8. The van der Waals surface area contributed by atoms with Gasteiger partial charge in [-0.3, -0.25) is 9.69 Å². The fraction of sp³-hybridized carbons (Fsp3) is 0.727. The van der Waals surface area contributed by atoms with Crippen LogP contribution in [0, 0.1) is 5.92 Å². The third kappa shape index (κ3) is 4.14. The highest BCUT2D eigenvalue weighted by Gasteiger charge is 2.17. The first kappa shape index (κ1) is 13.6. The SMILES string of the molecule is CCc1noc(CN(C)CC(C)C(=O)OC)n1. The van der Waals surface area contributed by atoms with Crippen LogP contribution in [0.15, 0.2) is 4.52 Å². The van der Waals surface area contributed by atoms with Crippen molar-refractivity contribution in [2.75, 3.05) is 20.7 Å². The van der Waals surface area contributed by atoms with Crippen LogP contribution in [0.5, 0.6) is 0 Å². The maximum atomic E-state index is 11.2. The lowest BCUT2D eigenvalue weighted by atomic mass is 10.2. The zero-order valence-electron chi connectivity index (χ0n) is 10.8. The second kappa shape index (κ2) is 6.34. The summed E-state index contributed by atoms with van der Waals surface area (Å²) in [5, 5.41) is 3.81. The number of carbonyl (C=O) groups excluding carboxylic acids is 1. The molecule has 0 saturated carbocycles. The van der Waals surface area contributed by atoms with Gasteiger partial charge in [-0.2, -0.15) is 4.98 Å². The van der Waals surface area contributed by atoms with Crippen molar-refractivity contribution >= 4 is 5.97 Å². The Balaban J connectivity index is 2.43. The van der Waals surface area contributed by atoms with E-state index in [1.165, 1.54) is 7.11 Å². The first-order valence-electron chi connectivity index (χ1n) is 5.64. The minimum absolute atomic E-state index is 0.168. The molecule has 0 aliphatic rings. The molecule has 1 atom stereocenters. The number of carbonyl (C=O) groups is 1. The Kier molecular flexibility index (Phi) is 5.09. The van der Waals surface area contributed by atoms with Crippen LogP contribution in [-0.2, 0) is 22.5 Å². The molecular formula is C11H19N3O3. The number of hydrogen-bond acceptors (Lipinski definition) is 6. The van der Waals surface area contributed by atoms with E-state index in [1.54, 1.807) is 0 Å². The van der Waals surface area contributed by atoms with E-state index in [-0.39, 0.29) is 11.9 Å². The first-order chi connectivity index (χ1) is 8.06. The summed E-state index contributed by atoms with van der Waals surface area (Å²) in [6.07, 6.45) is 0.756. The van der Waals surface area contributed by atoms with Crippen LogP contribution in [0.25, 0.3) is 0 Å². The Hall–Kier alpha value is -1.43. The third-order valence-electron chi connectivity index (χ3n) is 2.42. The molecule has 0 saturated heterocycles. The van der Waals surface area contributed by atoms with Crippen molar-refractivity contribution in [2.24, 2.45) is 5.92 Å². The minimum Gasteiger partial charge on any atom is -0.469 e. The lowest BCUT2D eigenvalue weighted by Gasteiger charge is -2.17. The van der Waals surface area contributed by atoms with Crippen LogP contribution >= 0.6 is 0 Å². The molecule has 1 unspecified atom stereocenters. The van der Waals surface area contributed by atoms with Crippen LogP contribution < -0.4 is 0 Å². The minimum atomic E-state index is -0.211. The molecule has 0 aliphatic heterocycles. The normalized spacial score (nSPS) is 12.8. The highest BCUT2D eigenvalue weighted by molar-refractivity contribution is 5.71. The van der Waals surface area contributed by atoms with Gasteiger partial charge in [0.2, 0.25) is 5.89 Å². The van der Waals surface area contributed by atoms with Gasteiger partial charge in [-0.15, -0.1) is 0 Å². The predicted octanol–water partition coefficient (Wildman–Crippen LogP) is 0.873. The fourth-order valence-corrected chi connectivity index (χ4v) is 1.54. The topological polar surface area (TPSA) is 68.5 Å². The second-order valence-electron chi connectivity index (χ2n) is 4.08. The molecule has 0 aliphatic carbocycles. The van der Waals surface area contributed by atoms with Crippen molar-refractivity contribution in [1.82, 2.24) is 15.0 Å². The number of nitrogens with zero attached hydrogens (tertiary/aromatic N) is 3. The maximum Gasteiger partial charge on any atom is 0.309 e. The van der Waals surface area contributed by atoms with Crippen molar-refractivity contribution in [1.29, 1.82) is 0 Å². The smallest absolute Gasteiger partial charge is 0.309 e. The van der Waals surface area contributed by atoms with Gasteiger partial charge in [-0.1, -0.05) is 19.0 Å². The summed E-state index contributed by atoms with van der Waals surface area (Å²) in [6.45, 7) is 4.93. The summed E-state index contributed by atoms with van der Waals surface area (Å²) in [6, 6.07) is 0. The average Bonchev–Trinajstić information content (AvgIpc) is 2.75. The molecular weight excluding hydrogens is 222 g/mol. The van der Waals surface area contributed by atoms with E-state index in [9.17, 15) is 4.79 Å². The number of methoxy groups -OCH3 is 1. The molecule has 0 radical (unpaired) electrons. The van der Waals surface area contributed by atoms with Crippen molar-refractivity contribution in [3.8, 4) is 0 Å². The molecule has 1 aromatic rings. The van der Waals surface area contributed by atoms with Crippen LogP contribution in [-0.4, -0.2) is 41.7 Å². The maximum absolute atomic E-state index is 11.2. The summed E-state index contributed by atoms with van der Waals surface area (Å²) in [7, 11) is 3.29. The van der Waals surface area contributed by atoms with Gasteiger partial charge in [0.15, 0.2) is 5.82 Å². The van der Waals surface area contributed by atoms with E-state index < -0.39 is 0 Å². The lowest BCUT2D eigenvalue weighted by molar-refractivity contribution is -0.145. The largest absolute Gasteiger partial charge is 0.469 e. The molecule has 6 heteroatoms. The molecule has 1 aromatic heterocycles. The van der Waals surface area contributed by atoms with Gasteiger partial charge >= 0.3 is 5.97 Å². The standard InChI is InChI=1S/C11H19N3O3/c1-5-9-12-10(17-13-9)7-14(3)6-8(2)11(15)16-4/h8H,5-7H2,1-4H3. The summed E-state index contributed by atoms with van der Waals surface area (Å²) in [4.78, 5) is 17.4. The van der Waals surface area contributed by atoms with E-state index in [0.717, 1.165) is 6.42 Å². The molecule has 0 aromatic carbocycles. The summed E-state index contributed by atoms with van der Waals surface area (Å²) in [5.41, 5.74) is 0. The Labute approximate surface area is 101 Å². The highest BCUT2D eigenvalue weighted by atomic mass is 16.5. The molecule has 96 valence electrons. The average molecular weight is 241 g/mol. The van der Waals surface area contributed by atoms with Gasteiger partial charge in [0.1, 0.15) is 0 Å². The van der Waals surface area contributed by atoms with E-state index in [1.807, 2.05) is 25.8 Å². The predicted molar refractivity (Wildman–Crippen MR) is 61.2 cm³/mol. The Morgan fingerprint density at radius 2 is 2.29 bits per heavy atom. The number of esters is 1. The number of aromatic nitrogens is 2. The van der Waals surface area contributed by atoms with Crippen LogP contribution in [0.4, 0.5) is 0 Å². The molecule has 0 fully saturated rings. The van der Waals surface area contributed by atoms with Crippen molar-refractivity contribution < 1.29 is 14.1 Å². The number of rotatable bonds is 6. The van der Waals surface area contributed by atoms with E-state index in [4.69, 9.17) is 4.52 Å². The van der Waals surface area contributed by atoms with E-state index in [0.29, 0.717) is 24.8 Å². The van der Waals surface area contributed by atoms with Gasteiger partial charge in [0.25, 0.3) is 0 Å². The fourth-order valence-electron chi connectivity index (χ4n) is 1.54. The van der Waals surface area contributed by atoms with Gasteiger partial charge in [-0.05, 0) is 7.05 Å². The molecule has 1 rings (SSSR count). The third-order valence-corrected chi connectivity index (χ3v) is 2.42. The van der Waals surface area contributed by atoms with E-state index in [2.05, 4.69) is 14.9 Å². The molecule has 0 spiro atoms. The Bertz CT molecular complexity index is 365. The van der Waals surface area contributed by atoms with Crippen LogP contribution in [0.1, 0.15) is 25.6 Å². The van der Waals surface area contributed by atoms with E-state index >= 15 is 0 Å². The first-order valence-corrected chi connectivity index (χ1v) is 5.64. The number of hydrogen-bond donors (Lipinski definition) is 0. The summed E-state index contributed by atoms with van der Waals surface area (Å²) >= 11 is 0. The summed E-state index contributed by atoms with van der Waals surface area (Å²) < 4.78 is 9.74. The molecule has 1 heterocycles. The van der Waals surface area contributed by atoms with Crippen LogP contribution in [0.2, 0.25) is 0 Å². The zero-order valence-corrected chi connectivity index (χ0v) is 10.8. The number of ether oxygens (including phenoxy) is 1. The second-order valence-corrected chi connectivity index (χ2v) is 4.08. The molecule has 0 amide bonds. The Morgan fingerprint density at radius 1 is 1.59 bits per heavy atom. The van der Waals surface area contributed by atoms with Crippen molar-refractivity contribution in [3.63, 3.8) is 0 Å². The van der Waals surface area contributed by atoms with Crippen molar-refractivity contribution in [3.05, 3.63) is 11.7 Å². The van der Waals surface area contributed by atoms with Crippen molar-refractivity contribution in [2.45, 2.75) is 26.8 Å². The van der Waals surface area contributed by atoms with Gasteiger partial charge < -0.3 is 9.26 Å².